The number of carbonyl (C=O) groups is 1. The van der Waals surface area contributed by atoms with E-state index in [9.17, 15) is 9.90 Å². The maximum atomic E-state index is 13.1. The topological polar surface area (TPSA) is 46.5 Å². The van der Waals surface area contributed by atoms with E-state index in [4.69, 9.17) is 4.74 Å². The molecule has 3 nitrogen and oxygen atoms in total. The van der Waals surface area contributed by atoms with Crippen molar-refractivity contribution in [3.05, 3.63) is 101 Å². The monoisotopic (exact) mass is 328 g/mol. The molecule has 0 spiro atoms. The van der Waals surface area contributed by atoms with Gasteiger partial charge in [0.2, 0.25) is 0 Å². The number of ether oxygens (including phenoxy) is 1. The summed E-state index contributed by atoms with van der Waals surface area (Å²) in [6, 6.07) is 24.0. The Morgan fingerprint density at radius 3 is 2.28 bits per heavy atom. The van der Waals surface area contributed by atoms with E-state index in [1.807, 2.05) is 66.7 Å². The molecule has 0 bridgehead atoms. The molecule has 1 atom stereocenters. The van der Waals surface area contributed by atoms with Gasteiger partial charge < -0.3 is 9.84 Å². The van der Waals surface area contributed by atoms with Crippen molar-refractivity contribution in [2.45, 2.75) is 6.10 Å². The van der Waals surface area contributed by atoms with Crippen molar-refractivity contribution in [3.63, 3.8) is 0 Å². The molecule has 1 heterocycles. The van der Waals surface area contributed by atoms with Crippen molar-refractivity contribution in [2.75, 3.05) is 0 Å². The Hall–Kier alpha value is -3.33. The summed E-state index contributed by atoms with van der Waals surface area (Å²) < 4.78 is 6.13. The molecule has 4 rings (SSSR count). The standard InChI is InChI=1S/C22H16O3/c23-17-11-12-20-18(14-17)21(24)19(13-15-7-3-1-4-8-15)22(25-20)16-9-5-2-6-10-16/h1-14,22-23H. The maximum absolute atomic E-state index is 13.1. The molecule has 3 aromatic rings. The van der Waals surface area contributed by atoms with Crippen molar-refractivity contribution < 1.29 is 14.6 Å². The molecular formula is C22H16O3. The van der Waals surface area contributed by atoms with Gasteiger partial charge in [0.15, 0.2) is 11.9 Å². The predicted octanol–water partition coefficient (Wildman–Crippen LogP) is 4.79. The summed E-state index contributed by atoms with van der Waals surface area (Å²) in [6.07, 6.45) is 1.37. The first-order valence-electron chi connectivity index (χ1n) is 8.08. The molecule has 1 aliphatic heterocycles. The molecule has 3 aromatic carbocycles. The van der Waals surface area contributed by atoms with Gasteiger partial charge in [-0.1, -0.05) is 60.7 Å². The minimum absolute atomic E-state index is 0.0490. The number of Topliss-reactive ketones (excluding diaryl/α,β-unsaturated/α-hetero) is 1. The SMILES string of the molecule is O=C1C(=Cc2ccccc2)C(c2ccccc2)Oc2ccc(O)cc21. The molecule has 0 aliphatic carbocycles. The predicted molar refractivity (Wildman–Crippen MR) is 96.7 cm³/mol. The van der Waals surface area contributed by atoms with Gasteiger partial charge in [-0.15, -0.1) is 0 Å². The zero-order chi connectivity index (χ0) is 17.2. The lowest BCUT2D eigenvalue weighted by molar-refractivity contribution is 0.0963. The molecule has 1 N–H and O–H groups in total. The molecule has 0 amide bonds. The zero-order valence-corrected chi connectivity index (χ0v) is 13.4. The number of rotatable bonds is 2. The first-order chi connectivity index (χ1) is 12.2. The van der Waals surface area contributed by atoms with Crippen LogP contribution in [0.2, 0.25) is 0 Å². The smallest absolute Gasteiger partial charge is 0.196 e. The second-order valence-electron chi connectivity index (χ2n) is 5.93. The average molecular weight is 328 g/mol. The number of phenols is 1. The van der Waals surface area contributed by atoms with Crippen LogP contribution in [0.4, 0.5) is 0 Å². The summed E-state index contributed by atoms with van der Waals surface area (Å²) in [6.45, 7) is 0. The molecule has 25 heavy (non-hydrogen) atoms. The highest BCUT2D eigenvalue weighted by Crippen LogP contribution is 2.40. The van der Waals surface area contributed by atoms with E-state index in [1.165, 1.54) is 12.1 Å². The lowest BCUT2D eigenvalue weighted by atomic mass is 9.89. The first-order valence-corrected chi connectivity index (χ1v) is 8.08. The van der Waals surface area contributed by atoms with Crippen molar-refractivity contribution in [3.8, 4) is 11.5 Å². The lowest BCUT2D eigenvalue weighted by Gasteiger charge is -2.28. The molecule has 0 saturated carbocycles. The highest BCUT2D eigenvalue weighted by atomic mass is 16.5. The van der Waals surface area contributed by atoms with Crippen LogP contribution in [-0.4, -0.2) is 10.9 Å². The molecule has 3 heteroatoms. The van der Waals surface area contributed by atoms with E-state index in [0.29, 0.717) is 16.9 Å². The Balaban J connectivity index is 1.87. The Labute approximate surface area is 145 Å². The van der Waals surface area contributed by atoms with E-state index in [-0.39, 0.29) is 11.5 Å². The Morgan fingerprint density at radius 1 is 0.880 bits per heavy atom. The summed E-state index contributed by atoms with van der Waals surface area (Å²) in [5.74, 6) is 0.407. The number of aromatic hydroxyl groups is 1. The van der Waals surface area contributed by atoms with Crippen LogP contribution in [0.3, 0.4) is 0 Å². The van der Waals surface area contributed by atoms with Crippen molar-refractivity contribution >= 4 is 11.9 Å². The number of carbonyl (C=O) groups excluding carboxylic acids is 1. The minimum Gasteiger partial charge on any atom is -0.508 e. The second kappa shape index (κ2) is 6.29. The van der Waals surface area contributed by atoms with Crippen molar-refractivity contribution in [2.24, 2.45) is 0 Å². The molecule has 1 aliphatic rings. The fourth-order valence-electron chi connectivity index (χ4n) is 3.01. The molecular weight excluding hydrogens is 312 g/mol. The van der Waals surface area contributed by atoms with Crippen LogP contribution in [0.5, 0.6) is 11.5 Å². The first kappa shape index (κ1) is 15.2. The maximum Gasteiger partial charge on any atom is 0.196 e. The Bertz CT molecular complexity index is 944. The lowest BCUT2D eigenvalue weighted by Crippen LogP contribution is -2.23. The van der Waals surface area contributed by atoms with Crippen molar-refractivity contribution in [1.82, 2.24) is 0 Å². The summed E-state index contributed by atoms with van der Waals surface area (Å²) in [7, 11) is 0. The number of fused-ring (bicyclic) bond motifs is 1. The largest absolute Gasteiger partial charge is 0.508 e. The molecule has 1 unspecified atom stereocenters. The van der Waals surface area contributed by atoms with Crippen molar-refractivity contribution in [1.29, 1.82) is 0 Å². The van der Waals surface area contributed by atoms with Gasteiger partial charge in [-0.25, -0.2) is 0 Å². The highest BCUT2D eigenvalue weighted by molar-refractivity contribution is 6.14. The Kier molecular flexibility index (Phi) is 3.82. The molecule has 0 aromatic heterocycles. The molecule has 0 saturated heterocycles. The van der Waals surface area contributed by atoms with E-state index in [0.717, 1.165) is 11.1 Å². The fourth-order valence-corrected chi connectivity index (χ4v) is 3.01. The molecule has 0 radical (unpaired) electrons. The van der Waals surface area contributed by atoms with Gasteiger partial charge >= 0.3 is 0 Å². The van der Waals surface area contributed by atoms with Crippen LogP contribution in [0.15, 0.2) is 84.4 Å². The number of hydrogen-bond acceptors (Lipinski definition) is 3. The van der Waals surface area contributed by atoms with Gasteiger partial charge in [-0.2, -0.15) is 0 Å². The van der Waals surface area contributed by atoms with Gasteiger partial charge in [-0.3, -0.25) is 4.79 Å². The van der Waals surface area contributed by atoms with Gasteiger partial charge in [0, 0.05) is 5.57 Å². The van der Waals surface area contributed by atoms with Crippen LogP contribution in [-0.2, 0) is 0 Å². The fraction of sp³-hybridized carbons (Fsp3) is 0.0455. The quantitative estimate of drug-likeness (QED) is 0.688. The van der Waals surface area contributed by atoms with Crippen LogP contribution in [0, 0.1) is 0 Å². The number of benzene rings is 3. The van der Waals surface area contributed by atoms with E-state index in [1.54, 1.807) is 6.07 Å². The Morgan fingerprint density at radius 2 is 1.56 bits per heavy atom. The summed E-state index contributed by atoms with van der Waals surface area (Å²) >= 11 is 0. The number of hydrogen-bond donors (Lipinski definition) is 1. The summed E-state index contributed by atoms with van der Waals surface area (Å²) in [5.41, 5.74) is 2.78. The van der Waals surface area contributed by atoms with Gasteiger partial charge in [0.25, 0.3) is 0 Å². The number of ketones is 1. The molecule has 122 valence electrons. The highest BCUT2D eigenvalue weighted by Gasteiger charge is 2.33. The van der Waals surface area contributed by atoms with Crippen LogP contribution >= 0.6 is 0 Å². The normalized spacial score (nSPS) is 17.8. The van der Waals surface area contributed by atoms with E-state index in [2.05, 4.69) is 0 Å². The van der Waals surface area contributed by atoms with E-state index >= 15 is 0 Å². The summed E-state index contributed by atoms with van der Waals surface area (Å²) in [5, 5.41) is 9.74. The van der Waals surface area contributed by atoms with Crippen LogP contribution < -0.4 is 4.74 Å². The van der Waals surface area contributed by atoms with Gasteiger partial charge in [0.05, 0.1) is 5.56 Å². The van der Waals surface area contributed by atoms with Crippen LogP contribution in [0.25, 0.3) is 6.08 Å². The third kappa shape index (κ3) is 2.92. The minimum atomic E-state index is -0.481. The van der Waals surface area contributed by atoms with Crippen LogP contribution in [0.1, 0.15) is 27.6 Å². The summed E-state index contributed by atoms with van der Waals surface area (Å²) in [4.78, 5) is 13.1. The third-order valence-corrected chi connectivity index (χ3v) is 4.22. The zero-order valence-electron chi connectivity index (χ0n) is 13.4. The van der Waals surface area contributed by atoms with Gasteiger partial charge in [0.1, 0.15) is 11.5 Å². The third-order valence-electron chi connectivity index (χ3n) is 4.22. The van der Waals surface area contributed by atoms with Gasteiger partial charge in [-0.05, 0) is 35.4 Å². The van der Waals surface area contributed by atoms with E-state index < -0.39 is 6.10 Å². The average Bonchev–Trinajstić information content (AvgIpc) is 2.66. The second-order valence-corrected chi connectivity index (χ2v) is 5.93. The number of phenolic OH excluding ortho intramolecular Hbond substituents is 1. The molecule has 0 fully saturated rings.